The summed E-state index contributed by atoms with van der Waals surface area (Å²) in [4.78, 5) is 11.9. The second-order valence-electron chi connectivity index (χ2n) is 3.93. The lowest BCUT2D eigenvalue weighted by Gasteiger charge is -2.09. The molecule has 2 aromatic rings. The Morgan fingerprint density at radius 3 is 2.35 bits per heavy atom. The van der Waals surface area contributed by atoms with Gasteiger partial charge >= 0.3 is 0 Å². The summed E-state index contributed by atoms with van der Waals surface area (Å²) in [5.41, 5.74) is 5.45. The minimum Gasteiger partial charge on any atom is -0.398 e. The maximum atomic E-state index is 13.6. The minimum absolute atomic E-state index is 0.144. The number of carbonyl (C=O) groups excluding carboxylic acids is 1. The van der Waals surface area contributed by atoms with E-state index in [1.807, 2.05) is 0 Å². The van der Waals surface area contributed by atoms with Crippen molar-refractivity contribution in [1.29, 1.82) is 0 Å². The van der Waals surface area contributed by atoms with E-state index in [9.17, 15) is 13.6 Å². The molecular formula is C13H8BrClF2N2O. The fourth-order valence-corrected chi connectivity index (χ4v) is 2.10. The molecule has 0 unspecified atom stereocenters. The molecule has 0 bridgehead atoms. The molecular weight excluding hydrogens is 354 g/mol. The zero-order valence-electron chi connectivity index (χ0n) is 9.88. The monoisotopic (exact) mass is 360 g/mol. The fraction of sp³-hybridized carbons (Fsp3) is 0. The first-order valence-electron chi connectivity index (χ1n) is 5.39. The number of nitrogens with one attached hydrogen (secondary N) is 1. The van der Waals surface area contributed by atoms with Gasteiger partial charge in [-0.25, -0.2) is 8.78 Å². The summed E-state index contributed by atoms with van der Waals surface area (Å²) in [5.74, 6) is -2.45. The van der Waals surface area contributed by atoms with Gasteiger partial charge in [-0.05, 0) is 30.3 Å². The van der Waals surface area contributed by atoms with E-state index in [1.54, 1.807) is 0 Å². The van der Waals surface area contributed by atoms with Crippen molar-refractivity contribution in [3.63, 3.8) is 0 Å². The Morgan fingerprint density at radius 1 is 1.20 bits per heavy atom. The van der Waals surface area contributed by atoms with Crippen LogP contribution in [-0.4, -0.2) is 5.91 Å². The van der Waals surface area contributed by atoms with Gasteiger partial charge in [-0.1, -0.05) is 27.5 Å². The molecule has 0 spiro atoms. The van der Waals surface area contributed by atoms with Crippen LogP contribution in [0.1, 0.15) is 10.4 Å². The molecule has 7 heteroatoms. The highest BCUT2D eigenvalue weighted by Gasteiger charge is 2.15. The molecule has 104 valence electrons. The maximum absolute atomic E-state index is 13.6. The van der Waals surface area contributed by atoms with E-state index in [-0.39, 0.29) is 15.1 Å². The third-order valence-electron chi connectivity index (χ3n) is 2.51. The van der Waals surface area contributed by atoms with Crippen LogP contribution >= 0.6 is 27.5 Å². The van der Waals surface area contributed by atoms with Gasteiger partial charge in [-0.2, -0.15) is 0 Å². The zero-order valence-corrected chi connectivity index (χ0v) is 12.2. The maximum Gasteiger partial charge on any atom is 0.255 e. The number of benzene rings is 2. The lowest BCUT2D eigenvalue weighted by molar-refractivity contribution is 0.102. The second-order valence-corrected chi connectivity index (χ2v) is 5.26. The molecule has 0 aromatic heterocycles. The van der Waals surface area contributed by atoms with Crippen LogP contribution < -0.4 is 11.1 Å². The number of hydrogen-bond acceptors (Lipinski definition) is 2. The van der Waals surface area contributed by atoms with Gasteiger partial charge in [0.1, 0.15) is 5.69 Å². The number of carbonyl (C=O) groups is 1. The molecule has 20 heavy (non-hydrogen) atoms. The van der Waals surface area contributed by atoms with Crippen LogP contribution in [0.2, 0.25) is 5.02 Å². The van der Waals surface area contributed by atoms with E-state index in [0.717, 1.165) is 12.1 Å². The fourth-order valence-electron chi connectivity index (χ4n) is 1.52. The molecule has 0 radical (unpaired) electrons. The van der Waals surface area contributed by atoms with Crippen molar-refractivity contribution in [2.24, 2.45) is 0 Å². The smallest absolute Gasteiger partial charge is 0.255 e. The highest BCUT2D eigenvalue weighted by Crippen LogP contribution is 2.25. The van der Waals surface area contributed by atoms with Crippen molar-refractivity contribution in [1.82, 2.24) is 0 Å². The molecule has 0 saturated carbocycles. The Bertz CT molecular complexity index is 671. The molecule has 0 heterocycles. The van der Waals surface area contributed by atoms with Crippen LogP contribution in [0.15, 0.2) is 34.8 Å². The summed E-state index contributed by atoms with van der Waals surface area (Å²) < 4.78 is 27.4. The number of hydrogen-bond donors (Lipinski definition) is 2. The zero-order chi connectivity index (χ0) is 14.9. The summed E-state index contributed by atoms with van der Waals surface area (Å²) >= 11 is 8.74. The number of rotatable bonds is 2. The summed E-state index contributed by atoms with van der Waals surface area (Å²) in [7, 11) is 0. The summed E-state index contributed by atoms with van der Waals surface area (Å²) in [6, 6.07) is 6.26. The number of anilines is 2. The van der Waals surface area contributed by atoms with E-state index in [2.05, 4.69) is 21.2 Å². The Kier molecular flexibility index (Phi) is 4.25. The third kappa shape index (κ3) is 3.08. The van der Waals surface area contributed by atoms with E-state index in [0.29, 0.717) is 5.69 Å². The number of nitrogens with two attached hydrogens (primary N) is 1. The lowest BCUT2D eigenvalue weighted by atomic mass is 10.2. The topological polar surface area (TPSA) is 55.1 Å². The van der Waals surface area contributed by atoms with E-state index >= 15 is 0 Å². The molecule has 3 N–H and O–H groups in total. The molecule has 0 saturated heterocycles. The van der Waals surface area contributed by atoms with Gasteiger partial charge in [0, 0.05) is 10.0 Å². The van der Waals surface area contributed by atoms with Gasteiger partial charge in [0.2, 0.25) is 0 Å². The Hall–Kier alpha value is -1.66. The van der Waals surface area contributed by atoms with Crippen LogP contribution in [0.3, 0.4) is 0 Å². The third-order valence-corrected chi connectivity index (χ3v) is 3.29. The van der Waals surface area contributed by atoms with Crippen molar-refractivity contribution in [3.05, 3.63) is 57.0 Å². The summed E-state index contributed by atoms with van der Waals surface area (Å²) in [6.45, 7) is 0. The highest BCUT2D eigenvalue weighted by atomic mass is 79.9. The van der Waals surface area contributed by atoms with Gasteiger partial charge < -0.3 is 11.1 Å². The molecule has 0 aliphatic rings. The molecule has 3 nitrogen and oxygen atoms in total. The van der Waals surface area contributed by atoms with Gasteiger partial charge in [-0.15, -0.1) is 0 Å². The first-order valence-corrected chi connectivity index (χ1v) is 6.56. The SMILES string of the molecule is Nc1ccc(C(=O)Nc2c(F)cc(Br)cc2F)cc1Cl. The Labute approximate surface area is 126 Å². The van der Waals surface area contributed by atoms with E-state index < -0.39 is 23.2 Å². The summed E-state index contributed by atoms with van der Waals surface area (Å²) in [6.07, 6.45) is 0. The molecule has 0 atom stereocenters. The van der Waals surface area contributed by atoms with Crippen molar-refractivity contribution in [2.45, 2.75) is 0 Å². The molecule has 2 aromatic carbocycles. The predicted octanol–water partition coefficient (Wildman–Crippen LogP) is 4.22. The Morgan fingerprint density at radius 2 is 1.80 bits per heavy atom. The molecule has 0 aliphatic carbocycles. The van der Waals surface area contributed by atoms with Crippen molar-refractivity contribution >= 4 is 44.8 Å². The average Bonchev–Trinajstić information content (AvgIpc) is 2.36. The standard InChI is InChI=1S/C13H8BrClF2N2O/c14-7-4-9(16)12(10(17)5-7)19-13(20)6-1-2-11(18)8(15)3-6/h1-5H,18H2,(H,19,20). The Balaban J connectivity index is 2.30. The molecule has 2 rings (SSSR count). The summed E-state index contributed by atoms with van der Waals surface area (Å²) in [5, 5.41) is 2.35. The first-order chi connectivity index (χ1) is 9.38. The van der Waals surface area contributed by atoms with Gasteiger partial charge in [0.15, 0.2) is 11.6 Å². The van der Waals surface area contributed by atoms with Gasteiger partial charge in [-0.3, -0.25) is 4.79 Å². The van der Waals surface area contributed by atoms with Crippen molar-refractivity contribution < 1.29 is 13.6 Å². The molecule has 0 fully saturated rings. The number of nitrogen functional groups attached to an aromatic ring is 1. The van der Waals surface area contributed by atoms with Gasteiger partial charge in [0.05, 0.1) is 10.7 Å². The lowest BCUT2D eigenvalue weighted by Crippen LogP contribution is -2.14. The number of amides is 1. The van der Waals surface area contributed by atoms with Crippen LogP contribution in [-0.2, 0) is 0 Å². The molecule has 0 aliphatic heterocycles. The minimum atomic E-state index is -0.883. The quantitative estimate of drug-likeness (QED) is 0.787. The highest BCUT2D eigenvalue weighted by molar-refractivity contribution is 9.10. The average molecular weight is 362 g/mol. The van der Waals surface area contributed by atoms with Crippen LogP contribution in [0.4, 0.5) is 20.2 Å². The normalized spacial score (nSPS) is 10.4. The first kappa shape index (κ1) is 14.7. The van der Waals surface area contributed by atoms with Crippen LogP contribution in [0.5, 0.6) is 0 Å². The largest absolute Gasteiger partial charge is 0.398 e. The predicted molar refractivity (Wildman–Crippen MR) is 77.9 cm³/mol. The second kappa shape index (κ2) is 5.76. The van der Waals surface area contributed by atoms with Crippen LogP contribution in [0, 0.1) is 11.6 Å². The van der Waals surface area contributed by atoms with Crippen molar-refractivity contribution in [2.75, 3.05) is 11.1 Å². The van der Waals surface area contributed by atoms with Gasteiger partial charge in [0.25, 0.3) is 5.91 Å². The van der Waals surface area contributed by atoms with Crippen molar-refractivity contribution in [3.8, 4) is 0 Å². The number of halogens is 4. The molecule has 1 amide bonds. The van der Waals surface area contributed by atoms with Crippen LogP contribution in [0.25, 0.3) is 0 Å². The van der Waals surface area contributed by atoms with E-state index in [1.165, 1.54) is 18.2 Å². The van der Waals surface area contributed by atoms with E-state index in [4.69, 9.17) is 17.3 Å².